The number of hydrogen-bond donors (Lipinski definition) is 1. The maximum absolute atomic E-state index is 11.7. The van der Waals surface area contributed by atoms with E-state index in [4.69, 9.17) is 0 Å². The van der Waals surface area contributed by atoms with Gasteiger partial charge in [0, 0.05) is 31.1 Å². The summed E-state index contributed by atoms with van der Waals surface area (Å²) >= 11 is 4.98. The Bertz CT molecular complexity index is 562. The quantitative estimate of drug-likeness (QED) is 0.851. The van der Waals surface area contributed by atoms with Crippen molar-refractivity contribution in [2.24, 2.45) is 0 Å². The van der Waals surface area contributed by atoms with Gasteiger partial charge in [0.05, 0.1) is 10.1 Å². The van der Waals surface area contributed by atoms with E-state index in [2.05, 4.69) is 26.2 Å². The maximum atomic E-state index is 11.7. The molecule has 0 aliphatic rings. The predicted octanol–water partition coefficient (Wildman–Crippen LogP) is 2.93. The average Bonchev–Trinajstić information content (AvgIpc) is 2.98. The first-order chi connectivity index (χ1) is 9.13. The third kappa shape index (κ3) is 4.65. The van der Waals surface area contributed by atoms with Gasteiger partial charge in [-0.05, 0) is 45.9 Å². The van der Waals surface area contributed by atoms with Crippen molar-refractivity contribution < 1.29 is 4.79 Å². The van der Waals surface area contributed by atoms with Crippen LogP contribution in [0.4, 0.5) is 0 Å². The lowest BCUT2D eigenvalue weighted by Gasteiger charge is -2.12. The topological polar surface area (TPSA) is 46.9 Å². The van der Waals surface area contributed by atoms with Crippen LogP contribution in [0.25, 0.3) is 6.08 Å². The van der Waals surface area contributed by atoms with Crippen molar-refractivity contribution in [2.45, 2.75) is 19.5 Å². The van der Waals surface area contributed by atoms with E-state index in [1.54, 1.807) is 36.0 Å². The number of hydrogen-bond acceptors (Lipinski definition) is 3. The van der Waals surface area contributed by atoms with Crippen molar-refractivity contribution in [1.82, 2.24) is 14.9 Å². The van der Waals surface area contributed by atoms with Gasteiger partial charge in [-0.2, -0.15) is 0 Å². The summed E-state index contributed by atoms with van der Waals surface area (Å²) in [5.41, 5.74) is 1.02. The highest BCUT2D eigenvalue weighted by Crippen LogP contribution is 2.21. The molecule has 1 N–H and O–H groups in total. The molecule has 0 aliphatic heterocycles. The van der Waals surface area contributed by atoms with Crippen molar-refractivity contribution in [1.29, 1.82) is 0 Å². The van der Waals surface area contributed by atoms with Crippen LogP contribution in [0.3, 0.4) is 0 Å². The fraction of sp³-hybridized carbons (Fsp3) is 0.231. The smallest absolute Gasteiger partial charge is 0.244 e. The lowest BCUT2D eigenvalue weighted by Crippen LogP contribution is -2.34. The fourth-order valence-electron chi connectivity index (χ4n) is 1.63. The molecule has 0 aromatic carbocycles. The van der Waals surface area contributed by atoms with Gasteiger partial charge in [0.25, 0.3) is 0 Å². The number of imidazole rings is 1. The van der Waals surface area contributed by atoms with Crippen LogP contribution in [0, 0.1) is 0 Å². The number of carbonyl (C=O) groups is 1. The second kappa shape index (κ2) is 6.68. The van der Waals surface area contributed by atoms with Crippen LogP contribution in [0.5, 0.6) is 0 Å². The standard InChI is InChI=1S/C13H14BrN3OS/c1-10(7-17-5-4-15-9-17)16-13(18)3-2-11-6-12(14)19-8-11/h2-6,8-10H,7H2,1H3,(H,16,18)/b3-2+. The van der Waals surface area contributed by atoms with Gasteiger partial charge in [-0.15, -0.1) is 11.3 Å². The van der Waals surface area contributed by atoms with Crippen LogP contribution in [-0.4, -0.2) is 21.5 Å². The molecule has 0 spiro atoms. The molecule has 100 valence electrons. The number of halogens is 1. The molecule has 0 bridgehead atoms. The zero-order valence-corrected chi connectivity index (χ0v) is 12.8. The van der Waals surface area contributed by atoms with E-state index < -0.39 is 0 Å². The SMILES string of the molecule is CC(Cn1ccnc1)NC(=O)/C=C/c1csc(Br)c1. The molecule has 1 amide bonds. The summed E-state index contributed by atoms with van der Waals surface area (Å²) < 4.78 is 2.99. The molecule has 0 fully saturated rings. The van der Waals surface area contributed by atoms with E-state index in [1.165, 1.54) is 0 Å². The highest BCUT2D eigenvalue weighted by Gasteiger charge is 2.05. The van der Waals surface area contributed by atoms with E-state index in [9.17, 15) is 4.79 Å². The Labute approximate surface area is 124 Å². The summed E-state index contributed by atoms with van der Waals surface area (Å²) in [5, 5.41) is 4.90. The molecular weight excluding hydrogens is 326 g/mol. The monoisotopic (exact) mass is 339 g/mol. The van der Waals surface area contributed by atoms with Gasteiger partial charge in [0.1, 0.15) is 0 Å². The summed E-state index contributed by atoms with van der Waals surface area (Å²) in [4.78, 5) is 15.7. The van der Waals surface area contributed by atoms with Crippen molar-refractivity contribution >= 4 is 39.2 Å². The van der Waals surface area contributed by atoms with Crippen LogP contribution in [-0.2, 0) is 11.3 Å². The zero-order valence-electron chi connectivity index (χ0n) is 10.4. The Balaban J connectivity index is 1.82. The molecule has 1 unspecified atom stereocenters. The maximum Gasteiger partial charge on any atom is 0.244 e. The highest BCUT2D eigenvalue weighted by molar-refractivity contribution is 9.11. The fourth-order valence-corrected chi connectivity index (χ4v) is 2.77. The highest BCUT2D eigenvalue weighted by atomic mass is 79.9. The summed E-state index contributed by atoms with van der Waals surface area (Å²) in [5.74, 6) is -0.0880. The molecule has 0 radical (unpaired) electrons. The molecule has 0 aliphatic carbocycles. The summed E-state index contributed by atoms with van der Waals surface area (Å²) in [6, 6.07) is 2.03. The van der Waals surface area contributed by atoms with Gasteiger partial charge in [-0.1, -0.05) is 0 Å². The lowest BCUT2D eigenvalue weighted by molar-refractivity contribution is -0.117. The number of rotatable bonds is 5. The minimum Gasteiger partial charge on any atom is -0.348 e. The molecule has 6 heteroatoms. The minimum absolute atomic E-state index is 0.0561. The number of carbonyl (C=O) groups excluding carboxylic acids is 1. The predicted molar refractivity (Wildman–Crippen MR) is 80.9 cm³/mol. The minimum atomic E-state index is -0.0880. The number of aromatic nitrogens is 2. The Morgan fingerprint density at radius 1 is 1.68 bits per heavy atom. The van der Waals surface area contributed by atoms with E-state index in [-0.39, 0.29) is 11.9 Å². The third-order valence-electron chi connectivity index (χ3n) is 2.45. The average molecular weight is 340 g/mol. The first-order valence-electron chi connectivity index (χ1n) is 5.82. The molecule has 0 saturated carbocycles. The van der Waals surface area contributed by atoms with Crippen molar-refractivity contribution in [2.75, 3.05) is 0 Å². The van der Waals surface area contributed by atoms with Gasteiger partial charge in [0.2, 0.25) is 5.91 Å². The summed E-state index contributed by atoms with van der Waals surface area (Å²) in [6.07, 6.45) is 8.70. The van der Waals surface area contributed by atoms with Gasteiger partial charge in [-0.3, -0.25) is 4.79 Å². The molecule has 19 heavy (non-hydrogen) atoms. The van der Waals surface area contributed by atoms with Crippen molar-refractivity contribution in [3.8, 4) is 0 Å². The molecule has 2 aromatic rings. The molecule has 2 rings (SSSR count). The molecule has 1 atom stereocenters. The molecular formula is C13H14BrN3OS. The number of nitrogens with one attached hydrogen (secondary N) is 1. The molecule has 0 saturated heterocycles. The van der Waals surface area contributed by atoms with Gasteiger partial charge in [-0.25, -0.2) is 4.98 Å². The largest absolute Gasteiger partial charge is 0.348 e. The van der Waals surface area contributed by atoms with Crippen LogP contribution in [0.1, 0.15) is 12.5 Å². The molecule has 2 aromatic heterocycles. The van der Waals surface area contributed by atoms with E-state index >= 15 is 0 Å². The molecule has 4 nitrogen and oxygen atoms in total. The van der Waals surface area contributed by atoms with E-state index in [0.29, 0.717) is 6.54 Å². The Kier molecular flexibility index (Phi) is 4.93. The zero-order chi connectivity index (χ0) is 13.7. The first kappa shape index (κ1) is 14.0. The summed E-state index contributed by atoms with van der Waals surface area (Å²) in [7, 11) is 0. The Morgan fingerprint density at radius 3 is 3.16 bits per heavy atom. The van der Waals surface area contributed by atoms with Crippen LogP contribution in [0.15, 0.2) is 40.0 Å². The van der Waals surface area contributed by atoms with E-state index in [0.717, 1.165) is 9.35 Å². The number of thiophene rings is 1. The van der Waals surface area contributed by atoms with Crippen LogP contribution < -0.4 is 5.32 Å². The summed E-state index contributed by atoms with van der Waals surface area (Å²) in [6.45, 7) is 2.68. The second-order valence-corrected chi connectivity index (χ2v) is 6.48. The van der Waals surface area contributed by atoms with Gasteiger partial charge < -0.3 is 9.88 Å². The van der Waals surface area contributed by atoms with Gasteiger partial charge in [0.15, 0.2) is 0 Å². The second-order valence-electron chi connectivity index (χ2n) is 4.19. The van der Waals surface area contributed by atoms with Crippen molar-refractivity contribution in [3.63, 3.8) is 0 Å². The van der Waals surface area contributed by atoms with Crippen LogP contribution in [0.2, 0.25) is 0 Å². The van der Waals surface area contributed by atoms with E-state index in [1.807, 2.05) is 29.1 Å². The normalized spacial score (nSPS) is 12.7. The lowest BCUT2D eigenvalue weighted by atomic mass is 10.3. The Morgan fingerprint density at radius 2 is 2.53 bits per heavy atom. The number of amides is 1. The third-order valence-corrected chi connectivity index (χ3v) is 3.97. The molecule has 2 heterocycles. The number of nitrogens with zero attached hydrogens (tertiary/aromatic N) is 2. The van der Waals surface area contributed by atoms with Gasteiger partial charge >= 0.3 is 0 Å². The van der Waals surface area contributed by atoms with Crippen LogP contribution >= 0.6 is 27.3 Å². The Hall–Kier alpha value is -1.40. The first-order valence-corrected chi connectivity index (χ1v) is 7.49. The van der Waals surface area contributed by atoms with Crippen molar-refractivity contribution in [3.05, 3.63) is 45.6 Å².